The van der Waals surface area contributed by atoms with Crippen molar-refractivity contribution < 1.29 is 0 Å². The second-order valence-electron chi connectivity index (χ2n) is 3.97. The standard InChI is InChI=1S/C15H12ClIN2/c16-12-6-4-10(5-7-12)15(19)14(9-18)11-2-1-3-13(17)8-11/h1-9,19H,18H2/b14-9-,19-15?. The highest BCUT2D eigenvalue weighted by molar-refractivity contribution is 14.1. The molecule has 2 aromatic rings. The fourth-order valence-corrected chi connectivity index (χ4v) is 2.42. The molecule has 4 heteroatoms. The number of halogens is 2. The average Bonchev–Trinajstić information content (AvgIpc) is 2.40. The van der Waals surface area contributed by atoms with Crippen LogP contribution in [0.15, 0.2) is 54.7 Å². The first kappa shape index (κ1) is 14.1. The van der Waals surface area contributed by atoms with Crippen LogP contribution in [0.4, 0.5) is 0 Å². The van der Waals surface area contributed by atoms with Crippen molar-refractivity contribution in [2.75, 3.05) is 0 Å². The molecule has 0 amide bonds. The van der Waals surface area contributed by atoms with Crippen LogP contribution in [-0.2, 0) is 0 Å². The normalized spacial score (nSPS) is 11.4. The Morgan fingerprint density at radius 3 is 2.37 bits per heavy atom. The predicted molar refractivity (Wildman–Crippen MR) is 89.6 cm³/mol. The molecule has 0 aliphatic rings. The highest BCUT2D eigenvalue weighted by Crippen LogP contribution is 2.21. The van der Waals surface area contributed by atoms with E-state index >= 15 is 0 Å². The van der Waals surface area contributed by atoms with Gasteiger partial charge in [-0.3, -0.25) is 5.41 Å². The predicted octanol–water partition coefficient (Wildman–Crippen LogP) is 4.31. The first-order chi connectivity index (χ1) is 9.11. The van der Waals surface area contributed by atoms with Crippen molar-refractivity contribution in [1.82, 2.24) is 0 Å². The molecule has 3 N–H and O–H groups in total. The maximum absolute atomic E-state index is 8.27. The van der Waals surface area contributed by atoms with Gasteiger partial charge in [0.05, 0.1) is 5.71 Å². The molecule has 2 rings (SSSR count). The molecule has 0 aromatic heterocycles. The number of nitrogens with one attached hydrogen (secondary N) is 1. The largest absolute Gasteiger partial charge is 0.404 e. The third kappa shape index (κ3) is 3.36. The van der Waals surface area contributed by atoms with Crippen molar-refractivity contribution in [3.8, 4) is 0 Å². The summed E-state index contributed by atoms with van der Waals surface area (Å²) in [4.78, 5) is 0. The van der Waals surface area contributed by atoms with Crippen LogP contribution >= 0.6 is 34.2 Å². The van der Waals surface area contributed by atoms with Gasteiger partial charge in [0.15, 0.2) is 0 Å². The number of hydrogen-bond donors (Lipinski definition) is 2. The van der Waals surface area contributed by atoms with Crippen molar-refractivity contribution in [1.29, 1.82) is 5.41 Å². The summed E-state index contributed by atoms with van der Waals surface area (Å²) in [6.07, 6.45) is 1.47. The summed E-state index contributed by atoms with van der Waals surface area (Å²) in [7, 11) is 0. The molecule has 0 heterocycles. The highest BCUT2D eigenvalue weighted by Gasteiger charge is 2.10. The smallest absolute Gasteiger partial charge is 0.0705 e. The van der Waals surface area contributed by atoms with E-state index in [1.165, 1.54) is 6.20 Å². The van der Waals surface area contributed by atoms with Crippen LogP contribution in [0.3, 0.4) is 0 Å². The zero-order valence-electron chi connectivity index (χ0n) is 10.0. The maximum atomic E-state index is 8.27. The third-order valence-electron chi connectivity index (χ3n) is 2.70. The Morgan fingerprint density at radius 2 is 1.79 bits per heavy atom. The van der Waals surface area contributed by atoms with Gasteiger partial charge in [-0.2, -0.15) is 0 Å². The number of nitrogens with two attached hydrogens (primary N) is 1. The second kappa shape index (κ2) is 6.21. The fourth-order valence-electron chi connectivity index (χ4n) is 1.75. The molecule has 0 bridgehead atoms. The Labute approximate surface area is 130 Å². The molecule has 0 spiro atoms. The fraction of sp³-hybridized carbons (Fsp3) is 0. The number of rotatable bonds is 3. The van der Waals surface area contributed by atoms with Crippen LogP contribution in [0, 0.1) is 8.98 Å². The van der Waals surface area contributed by atoms with E-state index in [-0.39, 0.29) is 0 Å². The molecule has 0 fully saturated rings. The second-order valence-corrected chi connectivity index (χ2v) is 5.65. The molecule has 2 aromatic carbocycles. The Balaban J connectivity index is 2.38. The summed E-state index contributed by atoms with van der Waals surface area (Å²) in [5.74, 6) is 0. The Morgan fingerprint density at radius 1 is 1.11 bits per heavy atom. The summed E-state index contributed by atoms with van der Waals surface area (Å²) < 4.78 is 1.11. The van der Waals surface area contributed by atoms with Crippen LogP contribution in [0.1, 0.15) is 11.1 Å². The zero-order valence-corrected chi connectivity index (χ0v) is 12.9. The van der Waals surface area contributed by atoms with E-state index in [0.29, 0.717) is 16.3 Å². The maximum Gasteiger partial charge on any atom is 0.0705 e. The summed E-state index contributed by atoms with van der Waals surface area (Å²) in [6, 6.07) is 15.1. The van der Waals surface area contributed by atoms with E-state index in [1.807, 2.05) is 36.4 Å². The lowest BCUT2D eigenvalue weighted by atomic mass is 9.97. The summed E-state index contributed by atoms with van der Waals surface area (Å²) >= 11 is 8.10. The Bertz CT molecular complexity index is 633. The van der Waals surface area contributed by atoms with E-state index in [9.17, 15) is 0 Å². The van der Waals surface area contributed by atoms with Crippen LogP contribution in [-0.4, -0.2) is 5.71 Å². The van der Waals surface area contributed by atoms with Gasteiger partial charge in [0.2, 0.25) is 0 Å². The van der Waals surface area contributed by atoms with Crippen molar-refractivity contribution in [2.45, 2.75) is 0 Å². The van der Waals surface area contributed by atoms with Gasteiger partial charge < -0.3 is 5.73 Å². The number of hydrogen-bond acceptors (Lipinski definition) is 2. The zero-order chi connectivity index (χ0) is 13.8. The third-order valence-corrected chi connectivity index (χ3v) is 3.63. The molecule has 19 heavy (non-hydrogen) atoms. The summed E-state index contributed by atoms with van der Waals surface area (Å²) in [5.41, 5.74) is 8.52. The number of benzene rings is 2. The molecular formula is C15H12ClIN2. The van der Waals surface area contributed by atoms with Crippen molar-refractivity contribution in [3.63, 3.8) is 0 Å². The SMILES string of the molecule is N=C(/C(=C\N)c1cccc(I)c1)c1ccc(Cl)cc1. The lowest BCUT2D eigenvalue weighted by Gasteiger charge is -2.10. The quantitative estimate of drug-likeness (QED) is 0.603. The van der Waals surface area contributed by atoms with Crippen molar-refractivity contribution >= 4 is 45.5 Å². The molecule has 0 saturated heterocycles. The lowest BCUT2D eigenvalue weighted by Crippen LogP contribution is -2.05. The number of allylic oxidation sites excluding steroid dienone is 1. The van der Waals surface area contributed by atoms with Gasteiger partial charge in [-0.25, -0.2) is 0 Å². The van der Waals surface area contributed by atoms with E-state index in [1.54, 1.807) is 12.1 Å². The van der Waals surface area contributed by atoms with E-state index < -0.39 is 0 Å². The molecule has 0 radical (unpaired) electrons. The topological polar surface area (TPSA) is 49.9 Å². The first-order valence-corrected chi connectivity index (χ1v) is 7.10. The van der Waals surface area contributed by atoms with Gasteiger partial charge >= 0.3 is 0 Å². The van der Waals surface area contributed by atoms with Gasteiger partial charge in [-0.05, 0) is 52.4 Å². The van der Waals surface area contributed by atoms with Gasteiger partial charge in [-0.15, -0.1) is 0 Å². The molecule has 0 aliphatic carbocycles. The van der Waals surface area contributed by atoms with Crippen molar-refractivity contribution in [3.05, 3.63) is 74.5 Å². The van der Waals surface area contributed by atoms with E-state index in [0.717, 1.165) is 14.7 Å². The average molecular weight is 383 g/mol. The van der Waals surface area contributed by atoms with Crippen LogP contribution in [0.25, 0.3) is 5.57 Å². The molecule has 0 saturated carbocycles. The molecule has 2 nitrogen and oxygen atoms in total. The Hall–Kier alpha value is -1.33. The summed E-state index contributed by atoms with van der Waals surface area (Å²) in [6.45, 7) is 0. The molecule has 0 aliphatic heterocycles. The van der Waals surface area contributed by atoms with E-state index in [4.69, 9.17) is 22.7 Å². The van der Waals surface area contributed by atoms with E-state index in [2.05, 4.69) is 22.6 Å². The first-order valence-electron chi connectivity index (χ1n) is 5.64. The van der Waals surface area contributed by atoms with Gasteiger partial charge in [0.1, 0.15) is 0 Å². The van der Waals surface area contributed by atoms with Gasteiger partial charge in [0.25, 0.3) is 0 Å². The van der Waals surface area contributed by atoms with Crippen LogP contribution < -0.4 is 5.73 Å². The van der Waals surface area contributed by atoms with Gasteiger partial charge in [0, 0.05) is 25.9 Å². The molecule has 96 valence electrons. The molecule has 0 atom stereocenters. The molecular weight excluding hydrogens is 371 g/mol. The van der Waals surface area contributed by atoms with Crippen molar-refractivity contribution in [2.24, 2.45) is 5.73 Å². The lowest BCUT2D eigenvalue weighted by molar-refractivity contribution is 1.47. The van der Waals surface area contributed by atoms with Crippen LogP contribution in [0.5, 0.6) is 0 Å². The van der Waals surface area contributed by atoms with Gasteiger partial charge in [-0.1, -0.05) is 35.9 Å². The summed E-state index contributed by atoms with van der Waals surface area (Å²) in [5, 5.41) is 8.93. The minimum absolute atomic E-state index is 0.390. The monoisotopic (exact) mass is 382 g/mol. The Kier molecular flexibility index (Phi) is 4.61. The highest BCUT2D eigenvalue weighted by atomic mass is 127. The minimum Gasteiger partial charge on any atom is -0.404 e. The van der Waals surface area contributed by atoms with Crippen LogP contribution in [0.2, 0.25) is 5.02 Å². The molecule has 0 unspecified atom stereocenters. The minimum atomic E-state index is 0.390.